The lowest BCUT2D eigenvalue weighted by Gasteiger charge is -2.12. The second-order valence-electron chi connectivity index (χ2n) is 5.23. The van der Waals surface area contributed by atoms with E-state index in [1.807, 2.05) is 31.3 Å². The third-order valence-corrected chi connectivity index (χ3v) is 3.52. The number of nitrogens with one attached hydrogen (secondary N) is 3. The van der Waals surface area contributed by atoms with Crippen LogP contribution in [0.25, 0.3) is 5.57 Å². The molecule has 2 aromatic rings. The third-order valence-electron chi connectivity index (χ3n) is 3.52. The molecule has 2 aromatic heterocycles. The average molecular weight is 319 g/mol. The summed E-state index contributed by atoms with van der Waals surface area (Å²) in [6, 6.07) is 2.23. The van der Waals surface area contributed by atoms with E-state index >= 15 is 0 Å². The maximum absolute atomic E-state index is 9.55. The summed E-state index contributed by atoms with van der Waals surface area (Å²) >= 11 is 0. The van der Waals surface area contributed by atoms with E-state index in [0.717, 1.165) is 23.4 Å². The first-order chi connectivity index (χ1) is 11.8. The van der Waals surface area contributed by atoms with Crippen molar-refractivity contribution in [3.8, 4) is 6.07 Å². The normalized spacial score (nSPS) is 14.8. The summed E-state index contributed by atoms with van der Waals surface area (Å²) in [5.74, 6) is 0.495. The van der Waals surface area contributed by atoms with Crippen molar-refractivity contribution in [3.05, 3.63) is 65.8 Å². The van der Waals surface area contributed by atoms with Crippen LogP contribution in [0.3, 0.4) is 0 Å². The molecule has 0 bridgehead atoms. The molecule has 3 N–H and O–H groups in total. The fourth-order valence-electron chi connectivity index (χ4n) is 2.30. The highest BCUT2D eigenvalue weighted by Gasteiger charge is 2.13. The number of allylic oxidation sites excluding steroid dienone is 4. The van der Waals surface area contributed by atoms with Gasteiger partial charge in [-0.05, 0) is 24.6 Å². The van der Waals surface area contributed by atoms with Gasteiger partial charge in [-0.15, -0.1) is 0 Å². The standard InChI is InChI=1S/C17H17N7/c1-12-9-22-17(21-7-5-13-10-19-11-23-13)24-16(12)14(8-18)15-4-2-3-6-20-15/h2-4,6,9-11,20H,5,7H2,1H3,(H,19,23)(H,21,22,24)/b15-14+. The molecule has 0 radical (unpaired) electrons. The van der Waals surface area contributed by atoms with Gasteiger partial charge in [0.1, 0.15) is 11.6 Å². The minimum Gasteiger partial charge on any atom is -0.361 e. The topological polar surface area (TPSA) is 102 Å². The molecule has 3 heterocycles. The molecular formula is C17H17N7. The molecule has 0 atom stereocenters. The van der Waals surface area contributed by atoms with E-state index in [1.54, 1.807) is 18.7 Å². The van der Waals surface area contributed by atoms with Crippen LogP contribution in [0, 0.1) is 18.3 Å². The van der Waals surface area contributed by atoms with Crippen molar-refractivity contribution in [3.63, 3.8) is 0 Å². The fourth-order valence-corrected chi connectivity index (χ4v) is 2.30. The zero-order chi connectivity index (χ0) is 16.8. The number of nitriles is 1. The first kappa shape index (κ1) is 15.5. The highest BCUT2D eigenvalue weighted by molar-refractivity contribution is 5.80. The highest BCUT2D eigenvalue weighted by atomic mass is 15.1. The van der Waals surface area contributed by atoms with Crippen LogP contribution in [0.15, 0.2) is 48.8 Å². The van der Waals surface area contributed by atoms with Crippen molar-refractivity contribution in [2.45, 2.75) is 13.3 Å². The van der Waals surface area contributed by atoms with E-state index in [1.165, 1.54) is 0 Å². The summed E-state index contributed by atoms with van der Waals surface area (Å²) in [5, 5.41) is 15.8. The van der Waals surface area contributed by atoms with Crippen molar-refractivity contribution >= 4 is 11.5 Å². The van der Waals surface area contributed by atoms with Gasteiger partial charge < -0.3 is 15.6 Å². The number of aromatic nitrogens is 4. The number of dihydropyridines is 1. The van der Waals surface area contributed by atoms with Crippen molar-refractivity contribution in [1.82, 2.24) is 25.3 Å². The molecule has 0 amide bonds. The summed E-state index contributed by atoms with van der Waals surface area (Å²) in [7, 11) is 0. The highest BCUT2D eigenvalue weighted by Crippen LogP contribution is 2.21. The van der Waals surface area contributed by atoms with Gasteiger partial charge in [0.25, 0.3) is 0 Å². The molecule has 24 heavy (non-hydrogen) atoms. The number of nitrogens with zero attached hydrogens (tertiary/aromatic N) is 4. The lowest BCUT2D eigenvalue weighted by atomic mass is 10.1. The fraction of sp³-hybridized carbons (Fsp3) is 0.176. The van der Waals surface area contributed by atoms with Crippen molar-refractivity contribution < 1.29 is 0 Å². The molecule has 3 rings (SSSR count). The van der Waals surface area contributed by atoms with Crippen LogP contribution in [0.1, 0.15) is 17.0 Å². The van der Waals surface area contributed by atoms with Gasteiger partial charge in [0.05, 0.1) is 23.4 Å². The summed E-state index contributed by atoms with van der Waals surface area (Å²) in [4.78, 5) is 15.9. The molecule has 1 aliphatic rings. The third kappa shape index (κ3) is 3.50. The van der Waals surface area contributed by atoms with E-state index in [-0.39, 0.29) is 0 Å². The minimum absolute atomic E-state index is 0.492. The van der Waals surface area contributed by atoms with E-state index < -0.39 is 0 Å². The minimum atomic E-state index is 0.492. The van der Waals surface area contributed by atoms with Gasteiger partial charge in [-0.3, -0.25) is 0 Å². The van der Waals surface area contributed by atoms with E-state index in [4.69, 9.17) is 0 Å². The Hall–Kier alpha value is -3.40. The Kier molecular flexibility index (Phi) is 4.68. The largest absolute Gasteiger partial charge is 0.361 e. The zero-order valence-corrected chi connectivity index (χ0v) is 13.2. The Balaban J connectivity index is 1.79. The number of aryl methyl sites for hydroxylation is 1. The van der Waals surface area contributed by atoms with Crippen molar-refractivity contribution in [2.75, 3.05) is 11.9 Å². The lowest BCUT2D eigenvalue weighted by Crippen LogP contribution is -2.12. The van der Waals surface area contributed by atoms with E-state index in [9.17, 15) is 5.26 Å². The first-order valence-electron chi connectivity index (χ1n) is 7.57. The average Bonchev–Trinajstić information content (AvgIpc) is 3.12. The molecule has 7 nitrogen and oxygen atoms in total. The Morgan fingerprint density at radius 1 is 1.33 bits per heavy atom. The first-order valence-corrected chi connectivity index (χ1v) is 7.57. The number of aromatic amines is 1. The SMILES string of the molecule is Cc1cnc(NCCc2c[nH]cn2)nc1/C(C#N)=C1\C=CC=CN1. The predicted octanol–water partition coefficient (Wildman–Crippen LogP) is 2.07. The van der Waals surface area contributed by atoms with Gasteiger partial charge in [-0.2, -0.15) is 5.26 Å². The zero-order valence-electron chi connectivity index (χ0n) is 13.2. The molecule has 1 aliphatic heterocycles. The summed E-state index contributed by atoms with van der Waals surface area (Å²) in [5.41, 5.74) is 3.66. The Morgan fingerprint density at radius 2 is 2.25 bits per heavy atom. The van der Waals surface area contributed by atoms with Crippen molar-refractivity contribution in [2.24, 2.45) is 0 Å². The number of hydrogen-bond donors (Lipinski definition) is 3. The molecule has 0 aromatic carbocycles. The van der Waals surface area contributed by atoms with Gasteiger partial charge in [0, 0.05) is 31.6 Å². The van der Waals surface area contributed by atoms with E-state index in [0.29, 0.717) is 23.8 Å². The molecule has 0 fully saturated rings. The molecule has 0 spiro atoms. The molecule has 7 heteroatoms. The second kappa shape index (κ2) is 7.24. The van der Waals surface area contributed by atoms with Gasteiger partial charge >= 0.3 is 0 Å². The van der Waals surface area contributed by atoms with E-state index in [2.05, 4.69) is 36.6 Å². The summed E-state index contributed by atoms with van der Waals surface area (Å²) in [6.45, 7) is 2.55. The Morgan fingerprint density at radius 3 is 2.96 bits per heavy atom. The van der Waals surface area contributed by atoms with Crippen LogP contribution in [-0.4, -0.2) is 26.5 Å². The number of anilines is 1. The van der Waals surface area contributed by atoms with Crippen LogP contribution in [0.4, 0.5) is 5.95 Å². The lowest BCUT2D eigenvalue weighted by molar-refractivity contribution is 0.947. The molecule has 0 unspecified atom stereocenters. The van der Waals surface area contributed by atoms with Crippen LogP contribution in [-0.2, 0) is 6.42 Å². The van der Waals surface area contributed by atoms with Gasteiger partial charge in [0.15, 0.2) is 0 Å². The smallest absolute Gasteiger partial charge is 0.223 e. The maximum Gasteiger partial charge on any atom is 0.223 e. The van der Waals surface area contributed by atoms with Gasteiger partial charge in [0.2, 0.25) is 5.95 Å². The second-order valence-corrected chi connectivity index (χ2v) is 5.23. The molecular weight excluding hydrogens is 302 g/mol. The molecule has 0 saturated heterocycles. The number of H-pyrrole nitrogens is 1. The predicted molar refractivity (Wildman–Crippen MR) is 91.5 cm³/mol. The van der Waals surface area contributed by atoms with Crippen LogP contribution < -0.4 is 10.6 Å². The molecule has 0 aliphatic carbocycles. The quantitative estimate of drug-likeness (QED) is 0.729. The van der Waals surface area contributed by atoms with Crippen LogP contribution in [0.5, 0.6) is 0 Å². The maximum atomic E-state index is 9.55. The van der Waals surface area contributed by atoms with Gasteiger partial charge in [-0.1, -0.05) is 6.08 Å². The number of hydrogen-bond acceptors (Lipinski definition) is 6. The summed E-state index contributed by atoms with van der Waals surface area (Å²) in [6.07, 6.45) is 13.4. The monoisotopic (exact) mass is 319 g/mol. The molecule has 0 saturated carbocycles. The molecule has 120 valence electrons. The van der Waals surface area contributed by atoms with Crippen molar-refractivity contribution in [1.29, 1.82) is 5.26 Å². The number of imidazole rings is 1. The van der Waals surface area contributed by atoms with Gasteiger partial charge in [-0.25, -0.2) is 15.0 Å². The summed E-state index contributed by atoms with van der Waals surface area (Å²) < 4.78 is 0. The number of rotatable bonds is 5. The Bertz CT molecular complexity index is 838. The Labute approximate surface area is 139 Å². The van der Waals surface area contributed by atoms with Crippen LogP contribution in [0.2, 0.25) is 0 Å². The van der Waals surface area contributed by atoms with Crippen LogP contribution >= 0.6 is 0 Å².